The Balaban J connectivity index is 1.99. The van der Waals surface area contributed by atoms with Crippen molar-refractivity contribution in [2.45, 2.75) is 25.9 Å². The lowest BCUT2D eigenvalue weighted by molar-refractivity contribution is -0.903. The minimum absolute atomic E-state index is 0.0274. The average Bonchev–Trinajstić information content (AvgIpc) is 3.12. The SMILES string of the molecule is CC[N+](C)(CC)CCSc1nc2ccsc2c(=O)n1-c1ccc(C)cc1. The summed E-state index contributed by atoms with van der Waals surface area (Å²) >= 11 is 3.14. The van der Waals surface area contributed by atoms with Crippen LogP contribution in [-0.4, -0.2) is 46.5 Å². The van der Waals surface area contributed by atoms with Gasteiger partial charge in [-0.15, -0.1) is 11.3 Å². The number of fused-ring (bicyclic) bond motifs is 1. The van der Waals surface area contributed by atoms with E-state index in [1.165, 1.54) is 16.9 Å². The van der Waals surface area contributed by atoms with Crippen molar-refractivity contribution in [1.82, 2.24) is 9.55 Å². The summed E-state index contributed by atoms with van der Waals surface area (Å²) in [6.45, 7) is 9.79. The minimum Gasteiger partial charge on any atom is -0.326 e. The van der Waals surface area contributed by atoms with Crippen molar-refractivity contribution in [1.29, 1.82) is 0 Å². The molecule has 0 saturated carbocycles. The molecule has 0 aliphatic carbocycles. The quantitative estimate of drug-likeness (QED) is 0.343. The van der Waals surface area contributed by atoms with Crippen LogP contribution in [0.2, 0.25) is 0 Å². The Morgan fingerprint density at radius 1 is 1.15 bits per heavy atom. The van der Waals surface area contributed by atoms with Crippen LogP contribution in [0.3, 0.4) is 0 Å². The number of thiophene rings is 1. The average molecular weight is 389 g/mol. The number of aromatic nitrogens is 2. The zero-order chi connectivity index (χ0) is 18.7. The lowest BCUT2D eigenvalue weighted by Gasteiger charge is -2.31. The third-order valence-electron chi connectivity index (χ3n) is 5.13. The fourth-order valence-electron chi connectivity index (χ4n) is 2.81. The van der Waals surface area contributed by atoms with Gasteiger partial charge >= 0.3 is 0 Å². The van der Waals surface area contributed by atoms with Crippen LogP contribution in [-0.2, 0) is 0 Å². The zero-order valence-electron chi connectivity index (χ0n) is 15.9. The normalized spacial score (nSPS) is 12.0. The van der Waals surface area contributed by atoms with Crippen LogP contribution in [0.1, 0.15) is 19.4 Å². The standard InChI is InChI=1S/C20H26N3OS2/c1-5-23(4,6-2)12-14-26-20-21-17-11-13-25-18(17)19(24)22(20)16-9-7-15(3)8-10-16/h7-11,13H,5-6,12,14H2,1-4H3/q+1. The first kappa shape index (κ1) is 19.1. The third-order valence-corrected chi connectivity index (χ3v) is 6.94. The molecule has 0 aliphatic heterocycles. The lowest BCUT2D eigenvalue weighted by atomic mass is 10.2. The first-order valence-electron chi connectivity index (χ1n) is 9.01. The minimum atomic E-state index is 0.0274. The van der Waals surface area contributed by atoms with Crippen LogP contribution in [0.4, 0.5) is 0 Å². The fourth-order valence-corrected chi connectivity index (χ4v) is 4.76. The highest BCUT2D eigenvalue weighted by atomic mass is 32.2. The predicted molar refractivity (Wildman–Crippen MR) is 113 cm³/mol. The second kappa shape index (κ2) is 7.94. The van der Waals surface area contributed by atoms with E-state index < -0.39 is 0 Å². The Bertz CT molecular complexity index is 940. The van der Waals surface area contributed by atoms with Gasteiger partial charge in [0.15, 0.2) is 5.16 Å². The molecular formula is C20H26N3OS2+. The second-order valence-corrected chi connectivity index (χ2v) is 8.81. The van der Waals surface area contributed by atoms with E-state index in [2.05, 4.69) is 27.8 Å². The predicted octanol–water partition coefficient (Wildman–Crippen LogP) is 4.33. The van der Waals surface area contributed by atoms with Gasteiger partial charge in [-0.2, -0.15) is 0 Å². The maximum atomic E-state index is 13.1. The highest BCUT2D eigenvalue weighted by Gasteiger charge is 2.18. The number of aryl methyl sites for hydroxylation is 1. The summed E-state index contributed by atoms with van der Waals surface area (Å²) in [6.07, 6.45) is 0. The molecule has 0 N–H and O–H groups in total. The first-order chi connectivity index (χ1) is 12.5. The molecule has 0 spiro atoms. The Morgan fingerprint density at radius 2 is 1.85 bits per heavy atom. The van der Waals surface area contributed by atoms with Crippen molar-refractivity contribution in [2.24, 2.45) is 0 Å². The smallest absolute Gasteiger partial charge is 0.276 e. The van der Waals surface area contributed by atoms with Crippen molar-refractivity contribution in [3.63, 3.8) is 0 Å². The first-order valence-corrected chi connectivity index (χ1v) is 10.9. The number of hydrogen-bond donors (Lipinski definition) is 0. The largest absolute Gasteiger partial charge is 0.326 e. The topological polar surface area (TPSA) is 34.9 Å². The number of benzene rings is 1. The molecule has 4 nitrogen and oxygen atoms in total. The Hall–Kier alpha value is -1.63. The van der Waals surface area contributed by atoms with Crippen LogP contribution < -0.4 is 5.56 Å². The van der Waals surface area contributed by atoms with E-state index in [0.717, 1.165) is 50.9 Å². The van der Waals surface area contributed by atoms with Crippen molar-refractivity contribution in [3.05, 3.63) is 51.6 Å². The molecule has 6 heteroatoms. The molecule has 26 heavy (non-hydrogen) atoms. The molecule has 0 aliphatic rings. The molecule has 2 aromatic heterocycles. The molecule has 0 bridgehead atoms. The van der Waals surface area contributed by atoms with Crippen LogP contribution in [0.15, 0.2) is 45.7 Å². The molecule has 138 valence electrons. The van der Waals surface area contributed by atoms with Gasteiger partial charge in [0, 0.05) is 0 Å². The Labute approximate surface area is 163 Å². The molecule has 0 amide bonds. The number of nitrogens with zero attached hydrogens (tertiary/aromatic N) is 3. The number of thioether (sulfide) groups is 1. The summed E-state index contributed by atoms with van der Waals surface area (Å²) in [4.78, 5) is 17.9. The second-order valence-electron chi connectivity index (χ2n) is 6.83. The van der Waals surface area contributed by atoms with E-state index in [1.54, 1.807) is 16.3 Å². The lowest BCUT2D eigenvalue weighted by Crippen LogP contribution is -2.45. The molecule has 3 aromatic rings. The summed E-state index contributed by atoms with van der Waals surface area (Å²) in [7, 11) is 2.28. The van der Waals surface area contributed by atoms with E-state index in [0.29, 0.717) is 0 Å². The van der Waals surface area contributed by atoms with Crippen LogP contribution in [0.5, 0.6) is 0 Å². The van der Waals surface area contributed by atoms with Gasteiger partial charge in [0.25, 0.3) is 5.56 Å². The van der Waals surface area contributed by atoms with Gasteiger partial charge in [-0.25, -0.2) is 4.98 Å². The summed E-state index contributed by atoms with van der Waals surface area (Å²) in [5.74, 6) is 0.937. The van der Waals surface area contributed by atoms with Gasteiger partial charge in [-0.1, -0.05) is 29.5 Å². The molecular weight excluding hydrogens is 362 g/mol. The highest BCUT2D eigenvalue weighted by molar-refractivity contribution is 7.99. The molecule has 2 heterocycles. The van der Waals surface area contributed by atoms with Gasteiger partial charge in [-0.05, 0) is 44.4 Å². The summed E-state index contributed by atoms with van der Waals surface area (Å²) in [6, 6.07) is 10.0. The third kappa shape index (κ3) is 3.87. The summed E-state index contributed by atoms with van der Waals surface area (Å²) < 4.78 is 3.52. The Kier molecular flexibility index (Phi) is 5.85. The fraction of sp³-hybridized carbons (Fsp3) is 0.400. The maximum absolute atomic E-state index is 13.1. The van der Waals surface area contributed by atoms with Crippen molar-refractivity contribution >= 4 is 33.3 Å². The number of hydrogen-bond acceptors (Lipinski definition) is 4. The van der Waals surface area contributed by atoms with E-state index in [-0.39, 0.29) is 5.56 Å². The zero-order valence-corrected chi connectivity index (χ0v) is 17.5. The highest BCUT2D eigenvalue weighted by Crippen LogP contribution is 2.24. The van der Waals surface area contributed by atoms with E-state index in [4.69, 9.17) is 4.98 Å². The van der Waals surface area contributed by atoms with Gasteiger partial charge in [0.2, 0.25) is 0 Å². The summed E-state index contributed by atoms with van der Waals surface area (Å²) in [5, 5.41) is 2.72. The molecule has 0 atom stereocenters. The molecule has 0 radical (unpaired) electrons. The van der Waals surface area contributed by atoms with Crippen LogP contribution in [0.25, 0.3) is 15.9 Å². The number of quaternary nitrogens is 1. The molecule has 3 rings (SSSR count). The molecule has 1 aromatic carbocycles. The van der Waals surface area contributed by atoms with Gasteiger partial charge in [0.1, 0.15) is 4.70 Å². The Morgan fingerprint density at radius 3 is 2.50 bits per heavy atom. The molecule has 0 saturated heterocycles. The van der Waals surface area contributed by atoms with E-state index >= 15 is 0 Å². The van der Waals surface area contributed by atoms with Crippen molar-refractivity contribution < 1.29 is 4.48 Å². The monoisotopic (exact) mass is 388 g/mol. The van der Waals surface area contributed by atoms with Gasteiger partial charge in [-0.3, -0.25) is 9.36 Å². The van der Waals surface area contributed by atoms with E-state index in [1.807, 2.05) is 35.7 Å². The summed E-state index contributed by atoms with van der Waals surface area (Å²) in [5.41, 5.74) is 2.89. The van der Waals surface area contributed by atoms with Crippen LogP contribution in [0, 0.1) is 6.92 Å². The van der Waals surface area contributed by atoms with Crippen molar-refractivity contribution in [3.8, 4) is 5.69 Å². The maximum Gasteiger partial charge on any atom is 0.276 e. The van der Waals surface area contributed by atoms with Crippen molar-refractivity contribution in [2.75, 3.05) is 32.4 Å². The van der Waals surface area contributed by atoms with E-state index in [9.17, 15) is 4.79 Å². The van der Waals surface area contributed by atoms with Gasteiger partial charge < -0.3 is 4.48 Å². The van der Waals surface area contributed by atoms with Gasteiger partial charge in [0.05, 0.1) is 43.6 Å². The molecule has 0 fully saturated rings. The van der Waals surface area contributed by atoms with Crippen LogP contribution >= 0.6 is 23.1 Å². The number of rotatable bonds is 7. The molecule has 0 unspecified atom stereocenters.